The van der Waals surface area contributed by atoms with Crippen LogP contribution in [0.4, 0.5) is 5.82 Å². The van der Waals surface area contributed by atoms with Crippen molar-refractivity contribution in [1.29, 1.82) is 5.26 Å². The lowest BCUT2D eigenvalue weighted by Crippen LogP contribution is -3.15. The van der Waals surface area contributed by atoms with Crippen LogP contribution in [-0.2, 0) is 9.53 Å². The van der Waals surface area contributed by atoms with Gasteiger partial charge < -0.3 is 14.5 Å². The van der Waals surface area contributed by atoms with Gasteiger partial charge in [-0.15, -0.1) is 0 Å². The average molecular weight is 505 g/mol. The molecule has 0 saturated carbocycles. The molecule has 3 aromatic carbocycles. The Bertz CT molecular complexity index is 1400. The minimum atomic E-state index is -1.17. The van der Waals surface area contributed by atoms with Crippen molar-refractivity contribution in [2.75, 3.05) is 37.7 Å². The van der Waals surface area contributed by atoms with Gasteiger partial charge >= 0.3 is 5.97 Å². The Balaban J connectivity index is 1.45. The number of hydrogen-bond acceptors (Lipinski definition) is 6. The molecule has 7 nitrogen and oxygen atoms in total. The maximum Gasteiger partial charge on any atom is 0.330 e. The molecule has 1 aliphatic heterocycles. The van der Waals surface area contributed by atoms with Gasteiger partial charge in [0.05, 0.1) is 43.3 Å². The number of para-hydroxylation sites is 2. The highest BCUT2D eigenvalue weighted by Crippen LogP contribution is 2.28. The number of ether oxygens (including phenoxy) is 1. The lowest BCUT2D eigenvalue weighted by atomic mass is 9.96. The van der Waals surface area contributed by atoms with Crippen LogP contribution in [0.2, 0.25) is 0 Å². The molecular formula is C31H30N5O2+. The predicted octanol–water partition coefficient (Wildman–Crippen LogP) is 3.46. The maximum absolute atomic E-state index is 12.8. The van der Waals surface area contributed by atoms with Crippen molar-refractivity contribution >= 4 is 22.8 Å². The highest BCUT2D eigenvalue weighted by atomic mass is 16.5. The van der Waals surface area contributed by atoms with Gasteiger partial charge in [0.25, 0.3) is 0 Å². The van der Waals surface area contributed by atoms with Gasteiger partial charge in [-0.1, -0.05) is 85.5 Å². The molecule has 0 radical (unpaired) electrons. The van der Waals surface area contributed by atoms with Crippen molar-refractivity contribution in [1.82, 2.24) is 9.97 Å². The molecule has 1 fully saturated rings. The summed E-state index contributed by atoms with van der Waals surface area (Å²) >= 11 is 0. The maximum atomic E-state index is 12.8. The van der Waals surface area contributed by atoms with Crippen molar-refractivity contribution in [2.45, 2.75) is 12.0 Å². The molecule has 5 rings (SSSR count). The summed E-state index contributed by atoms with van der Waals surface area (Å²) < 4.78 is 5.23. The van der Waals surface area contributed by atoms with E-state index in [4.69, 9.17) is 14.7 Å². The summed E-state index contributed by atoms with van der Waals surface area (Å²) in [6.07, 6.45) is 1.48. The van der Waals surface area contributed by atoms with E-state index >= 15 is 0 Å². The molecule has 7 heteroatoms. The van der Waals surface area contributed by atoms with Crippen LogP contribution in [0.25, 0.3) is 11.0 Å². The molecule has 4 aromatic rings. The van der Waals surface area contributed by atoms with E-state index in [1.807, 2.05) is 36.4 Å². The zero-order valence-electron chi connectivity index (χ0n) is 21.2. The van der Waals surface area contributed by atoms with Gasteiger partial charge in [0, 0.05) is 11.1 Å². The van der Waals surface area contributed by atoms with Crippen molar-refractivity contribution in [2.24, 2.45) is 0 Å². The molecule has 0 bridgehead atoms. The number of carbonyl (C=O) groups is 1. The lowest BCUT2D eigenvalue weighted by Gasteiger charge is -2.38. The standard InChI is InChI=1S/C31H29N5O2/c1-2-21-38-31(37)25(22-32)28-30(34-27-16-10-9-15-26(27)33-28)36-19-17-35(18-20-36)29(23-11-5-3-6-12-23)24-13-7-4-8-14-24/h2-16,25,29H,1,17-21H2/p+1. The molecule has 1 atom stereocenters. The summed E-state index contributed by atoms with van der Waals surface area (Å²) in [5, 5.41) is 9.94. The predicted molar refractivity (Wildman–Crippen MR) is 147 cm³/mol. The van der Waals surface area contributed by atoms with Gasteiger partial charge in [-0.3, -0.25) is 4.79 Å². The fourth-order valence-electron chi connectivity index (χ4n) is 5.13. The molecule has 1 aliphatic rings. The first-order valence-electron chi connectivity index (χ1n) is 12.8. The number of piperazine rings is 1. The molecule has 190 valence electrons. The number of rotatable bonds is 8. The summed E-state index contributed by atoms with van der Waals surface area (Å²) in [5.41, 5.74) is 4.26. The smallest absolute Gasteiger partial charge is 0.330 e. The van der Waals surface area contributed by atoms with Gasteiger partial charge in [0.15, 0.2) is 11.7 Å². The highest BCUT2D eigenvalue weighted by molar-refractivity contribution is 5.85. The van der Waals surface area contributed by atoms with Crippen LogP contribution in [0, 0.1) is 11.3 Å². The molecule has 0 spiro atoms. The third-order valence-electron chi connectivity index (χ3n) is 6.94. The first-order valence-corrected chi connectivity index (χ1v) is 12.8. The Morgan fingerprint density at radius 1 is 0.947 bits per heavy atom. The minimum absolute atomic E-state index is 0.0375. The molecule has 1 aromatic heterocycles. The number of quaternary nitrogens is 1. The van der Waals surface area contributed by atoms with Crippen LogP contribution >= 0.6 is 0 Å². The van der Waals surface area contributed by atoms with E-state index in [1.54, 1.807) is 0 Å². The van der Waals surface area contributed by atoms with E-state index in [0.29, 0.717) is 30.1 Å². The van der Waals surface area contributed by atoms with E-state index < -0.39 is 11.9 Å². The molecular weight excluding hydrogens is 474 g/mol. The molecule has 38 heavy (non-hydrogen) atoms. The molecule has 1 saturated heterocycles. The summed E-state index contributed by atoms with van der Waals surface area (Å²) in [5.74, 6) is -1.25. The quantitative estimate of drug-likeness (QED) is 0.292. The number of aromatic nitrogens is 2. The fourth-order valence-corrected chi connectivity index (χ4v) is 5.13. The number of esters is 1. The van der Waals surface area contributed by atoms with Gasteiger partial charge in [0.1, 0.15) is 18.3 Å². The van der Waals surface area contributed by atoms with Crippen molar-refractivity contribution in [3.8, 4) is 6.07 Å². The van der Waals surface area contributed by atoms with E-state index in [0.717, 1.165) is 18.6 Å². The summed E-state index contributed by atoms with van der Waals surface area (Å²) in [6.45, 7) is 6.78. The Morgan fingerprint density at radius 2 is 1.50 bits per heavy atom. The minimum Gasteiger partial charge on any atom is -0.460 e. The number of nitriles is 1. The number of fused-ring (bicyclic) bond motifs is 1. The topological polar surface area (TPSA) is 83.5 Å². The number of hydrogen-bond donors (Lipinski definition) is 1. The molecule has 0 aliphatic carbocycles. The van der Waals surface area contributed by atoms with Crippen LogP contribution in [0.15, 0.2) is 97.6 Å². The van der Waals surface area contributed by atoms with Crippen LogP contribution < -0.4 is 9.80 Å². The SMILES string of the molecule is C=CCOC(=O)C(C#N)c1nc2ccccc2nc1N1CC[NH+](C(c2ccccc2)c2ccccc2)CC1. The van der Waals surface area contributed by atoms with Gasteiger partial charge in [-0.05, 0) is 12.1 Å². The van der Waals surface area contributed by atoms with E-state index in [1.165, 1.54) is 22.1 Å². The monoisotopic (exact) mass is 504 g/mol. The Labute approximate surface area is 222 Å². The fraction of sp³-hybridized carbons (Fsp3) is 0.226. The second-order valence-electron chi connectivity index (χ2n) is 9.30. The molecule has 0 amide bonds. The number of benzene rings is 3. The zero-order valence-corrected chi connectivity index (χ0v) is 21.2. The second kappa shape index (κ2) is 11.7. The number of nitrogens with one attached hydrogen (secondary N) is 1. The van der Waals surface area contributed by atoms with E-state index in [2.05, 4.69) is 66.1 Å². The molecule has 2 heterocycles. The zero-order chi connectivity index (χ0) is 26.3. The number of nitrogens with zero attached hydrogens (tertiary/aromatic N) is 4. The van der Waals surface area contributed by atoms with Crippen molar-refractivity contribution < 1.29 is 14.4 Å². The molecule has 1 N–H and O–H groups in total. The first-order chi connectivity index (χ1) is 18.7. The van der Waals surface area contributed by atoms with Crippen molar-refractivity contribution in [3.63, 3.8) is 0 Å². The summed E-state index contributed by atoms with van der Waals surface area (Å²) in [7, 11) is 0. The largest absolute Gasteiger partial charge is 0.460 e. The van der Waals surface area contributed by atoms with Crippen LogP contribution in [0.3, 0.4) is 0 Å². The van der Waals surface area contributed by atoms with Gasteiger partial charge in [-0.2, -0.15) is 5.26 Å². The molecule has 1 unspecified atom stereocenters. The van der Waals surface area contributed by atoms with Crippen LogP contribution in [-0.4, -0.2) is 48.7 Å². The average Bonchev–Trinajstić information content (AvgIpc) is 2.98. The van der Waals surface area contributed by atoms with Gasteiger partial charge in [-0.25, -0.2) is 9.97 Å². The summed E-state index contributed by atoms with van der Waals surface area (Å²) in [6, 6.07) is 31.0. The van der Waals surface area contributed by atoms with Crippen molar-refractivity contribution in [3.05, 3.63) is 114 Å². The Hall–Kier alpha value is -4.54. The first kappa shape index (κ1) is 25.1. The number of anilines is 1. The van der Waals surface area contributed by atoms with E-state index in [9.17, 15) is 10.1 Å². The second-order valence-corrected chi connectivity index (χ2v) is 9.30. The third kappa shape index (κ3) is 5.26. The van der Waals surface area contributed by atoms with Crippen LogP contribution in [0.5, 0.6) is 0 Å². The Kier molecular flexibility index (Phi) is 7.72. The lowest BCUT2D eigenvalue weighted by molar-refractivity contribution is -0.926. The number of carbonyl (C=O) groups excluding carboxylic acids is 1. The third-order valence-corrected chi connectivity index (χ3v) is 6.94. The Morgan fingerprint density at radius 3 is 2.05 bits per heavy atom. The van der Waals surface area contributed by atoms with Crippen LogP contribution in [0.1, 0.15) is 28.8 Å². The van der Waals surface area contributed by atoms with E-state index in [-0.39, 0.29) is 12.6 Å². The highest BCUT2D eigenvalue weighted by Gasteiger charge is 2.34. The van der Waals surface area contributed by atoms with Gasteiger partial charge in [0.2, 0.25) is 0 Å². The summed E-state index contributed by atoms with van der Waals surface area (Å²) in [4.78, 5) is 26.0. The normalized spacial score (nSPS) is 14.7.